The quantitative estimate of drug-likeness (QED) is 0.247. The van der Waals surface area contributed by atoms with Crippen LogP contribution in [0.2, 0.25) is 5.02 Å². The number of rotatable bonds is 9. The summed E-state index contributed by atoms with van der Waals surface area (Å²) < 4.78 is 19.9. The van der Waals surface area contributed by atoms with E-state index in [-0.39, 0.29) is 29.5 Å². The van der Waals surface area contributed by atoms with Crippen molar-refractivity contribution in [1.82, 2.24) is 19.4 Å². The average molecular weight is 623 g/mol. The van der Waals surface area contributed by atoms with Gasteiger partial charge in [-0.25, -0.2) is 14.8 Å². The number of nitrogens with zero attached hydrogens (tertiary/aromatic N) is 4. The SMILES string of the molecule is CC(=O)c1cc(Cl)c(COc2ccc3c(n2)C2(CCO3)CCN(Cc3nc4ccc(C(=O)O)cc4n3C[C@@H]3CCO3)C2)s1. The largest absolute Gasteiger partial charge is 0.492 e. The van der Waals surface area contributed by atoms with Gasteiger partial charge in [-0.2, -0.15) is 0 Å². The van der Waals surface area contributed by atoms with Gasteiger partial charge < -0.3 is 23.9 Å². The number of aromatic nitrogens is 3. The van der Waals surface area contributed by atoms with E-state index in [2.05, 4.69) is 9.47 Å². The van der Waals surface area contributed by atoms with Crippen molar-refractivity contribution in [3.8, 4) is 11.6 Å². The van der Waals surface area contributed by atoms with Crippen molar-refractivity contribution in [3.63, 3.8) is 0 Å². The number of ether oxygens (including phenoxy) is 3. The lowest BCUT2D eigenvalue weighted by Crippen LogP contribution is -2.37. The maximum absolute atomic E-state index is 11.7. The number of hydrogen-bond acceptors (Lipinski definition) is 9. The molecule has 3 aromatic heterocycles. The van der Waals surface area contributed by atoms with Gasteiger partial charge in [0.2, 0.25) is 5.88 Å². The summed E-state index contributed by atoms with van der Waals surface area (Å²) in [5, 5.41) is 10.1. The van der Waals surface area contributed by atoms with Crippen LogP contribution in [0.15, 0.2) is 36.4 Å². The molecule has 6 heterocycles. The van der Waals surface area contributed by atoms with E-state index in [0.29, 0.717) is 35.5 Å². The summed E-state index contributed by atoms with van der Waals surface area (Å²) in [7, 11) is 0. The number of halogens is 1. The third kappa shape index (κ3) is 5.39. The van der Waals surface area contributed by atoms with E-state index in [0.717, 1.165) is 72.1 Å². The topological polar surface area (TPSA) is 116 Å². The number of benzene rings is 1. The molecule has 10 nitrogen and oxygen atoms in total. The Morgan fingerprint density at radius 1 is 1.19 bits per heavy atom. The summed E-state index contributed by atoms with van der Waals surface area (Å²) in [5.41, 5.74) is 2.58. The number of imidazole rings is 1. The number of likely N-dealkylation sites (tertiary alicyclic amines) is 1. The van der Waals surface area contributed by atoms with E-state index in [1.54, 1.807) is 24.3 Å². The van der Waals surface area contributed by atoms with Crippen LogP contribution < -0.4 is 9.47 Å². The zero-order valence-electron chi connectivity index (χ0n) is 23.7. The van der Waals surface area contributed by atoms with Crippen LogP contribution in [0.3, 0.4) is 0 Å². The van der Waals surface area contributed by atoms with Gasteiger partial charge in [-0.15, -0.1) is 11.3 Å². The summed E-state index contributed by atoms with van der Waals surface area (Å²) in [6.07, 6.45) is 2.86. The molecular weight excluding hydrogens is 592 g/mol. The Morgan fingerprint density at radius 2 is 2.05 bits per heavy atom. The van der Waals surface area contributed by atoms with Gasteiger partial charge in [0.1, 0.15) is 18.2 Å². The number of hydrogen-bond donors (Lipinski definition) is 1. The molecule has 3 aliphatic rings. The van der Waals surface area contributed by atoms with Gasteiger partial charge in [0.15, 0.2) is 5.78 Å². The van der Waals surface area contributed by atoms with Crippen LogP contribution in [0.5, 0.6) is 11.6 Å². The van der Waals surface area contributed by atoms with E-state index in [1.807, 2.05) is 12.1 Å². The number of carboxylic acids is 1. The van der Waals surface area contributed by atoms with Crippen LogP contribution in [-0.4, -0.2) is 68.7 Å². The minimum atomic E-state index is -0.953. The fourth-order valence-electron chi connectivity index (χ4n) is 6.25. The van der Waals surface area contributed by atoms with Crippen LogP contribution in [0, 0.1) is 0 Å². The molecule has 4 aromatic rings. The van der Waals surface area contributed by atoms with E-state index >= 15 is 0 Å². The zero-order valence-corrected chi connectivity index (χ0v) is 25.2. The molecule has 1 unspecified atom stereocenters. The molecule has 0 aliphatic carbocycles. The standard InChI is InChI=1S/C31H31ClN4O6S/c1-18(37)25-13-21(32)26(43-25)16-42-28-5-4-24-29(34-28)31(8-11-41-24)7-9-35(17-31)15-27-33-22-3-2-19(30(38)39)12-23(22)36(27)14-20-6-10-40-20/h2-5,12-13,20H,6-11,14-17H2,1H3,(H,38,39)/t20-,31?/m0/s1. The lowest BCUT2D eigenvalue weighted by Gasteiger charge is -2.34. The van der Waals surface area contributed by atoms with E-state index in [9.17, 15) is 14.7 Å². The number of Topliss-reactive ketones (excluding diaryl/α,β-unsaturated/α-hetero) is 1. The Kier molecular flexibility index (Phi) is 7.37. The molecule has 2 saturated heterocycles. The average Bonchev–Trinajstić information content (AvgIpc) is 3.65. The number of carboxylic acid groups (broad SMARTS) is 1. The van der Waals surface area contributed by atoms with E-state index in [4.69, 9.17) is 35.8 Å². The molecule has 0 saturated carbocycles. The first-order chi connectivity index (χ1) is 20.8. The van der Waals surface area contributed by atoms with Crippen molar-refractivity contribution in [2.24, 2.45) is 0 Å². The Morgan fingerprint density at radius 3 is 2.79 bits per heavy atom. The van der Waals surface area contributed by atoms with E-state index in [1.165, 1.54) is 18.3 Å². The molecule has 1 N–H and O–H groups in total. The van der Waals surface area contributed by atoms with Crippen molar-refractivity contribution in [2.45, 2.75) is 57.4 Å². The van der Waals surface area contributed by atoms with Gasteiger partial charge in [0, 0.05) is 24.6 Å². The van der Waals surface area contributed by atoms with Gasteiger partial charge in [-0.05, 0) is 63.1 Å². The first kappa shape index (κ1) is 28.3. The molecular formula is C31H31ClN4O6S. The van der Waals surface area contributed by atoms with Crippen LogP contribution in [-0.2, 0) is 29.8 Å². The van der Waals surface area contributed by atoms with Crippen LogP contribution in [0.25, 0.3) is 11.0 Å². The number of carbonyl (C=O) groups excluding carboxylic acids is 1. The second-order valence-electron chi connectivity index (χ2n) is 11.5. The zero-order chi connectivity index (χ0) is 29.7. The highest BCUT2D eigenvalue weighted by Crippen LogP contribution is 2.45. The summed E-state index contributed by atoms with van der Waals surface area (Å²) in [4.78, 5) is 37.1. The summed E-state index contributed by atoms with van der Waals surface area (Å²) in [6, 6.07) is 10.5. The summed E-state index contributed by atoms with van der Waals surface area (Å²) >= 11 is 7.68. The number of ketones is 1. The fourth-order valence-corrected chi connectivity index (χ4v) is 7.46. The molecule has 1 aromatic carbocycles. The third-order valence-electron chi connectivity index (χ3n) is 8.68. The summed E-state index contributed by atoms with van der Waals surface area (Å²) in [5.74, 6) is 1.20. The molecule has 2 fully saturated rings. The second kappa shape index (κ2) is 11.2. The van der Waals surface area contributed by atoms with Crippen LogP contribution in [0.1, 0.15) is 62.6 Å². The number of fused-ring (bicyclic) bond motifs is 3. The molecule has 43 heavy (non-hydrogen) atoms. The maximum Gasteiger partial charge on any atom is 0.335 e. The molecule has 0 bridgehead atoms. The monoisotopic (exact) mass is 622 g/mol. The summed E-state index contributed by atoms with van der Waals surface area (Å²) in [6.45, 7) is 6.07. The first-order valence-corrected chi connectivity index (χ1v) is 15.6. The highest BCUT2D eigenvalue weighted by atomic mass is 35.5. The highest BCUT2D eigenvalue weighted by Gasteiger charge is 2.45. The van der Waals surface area contributed by atoms with Crippen molar-refractivity contribution < 1.29 is 28.9 Å². The molecule has 3 aliphatic heterocycles. The number of carbonyl (C=O) groups is 2. The molecule has 224 valence electrons. The van der Waals surface area contributed by atoms with Crippen molar-refractivity contribution in [3.05, 3.63) is 68.3 Å². The molecule has 0 radical (unpaired) electrons. The molecule has 7 rings (SSSR count). The minimum absolute atomic E-state index is 0.0214. The predicted octanol–water partition coefficient (Wildman–Crippen LogP) is 5.34. The van der Waals surface area contributed by atoms with Gasteiger partial charge in [0.05, 0.1) is 62.9 Å². The third-order valence-corrected chi connectivity index (χ3v) is 10.3. The van der Waals surface area contributed by atoms with Gasteiger partial charge >= 0.3 is 5.97 Å². The van der Waals surface area contributed by atoms with Crippen LogP contribution >= 0.6 is 22.9 Å². The number of thiophene rings is 1. The van der Waals surface area contributed by atoms with Crippen molar-refractivity contribution in [2.75, 3.05) is 26.3 Å². The lowest BCUT2D eigenvalue weighted by molar-refractivity contribution is -0.0591. The van der Waals surface area contributed by atoms with Gasteiger partial charge in [-0.3, -0.25) is 9.69 Å². The van der Waals surface area contributed by atoms with Crippen molar-refractivity contribution in [1.29, 1.82) is 0 Å². The fraction of sp³-hybridized carbons (Fsp3) is 0.419. The Hall–Kier alpha value is -3.51. The molecule has 1 spiro atoms. The van der Waals surface area contributed by atoms with Crippen molar-refractivity contribution >= 4 is 45.7 Å². The molecule has 12 heteroatoms. The second-order valence-corrected chi connectivity index (χ2v) is 13.0. The lowest BCUT2D eigenvalue weighted by atomic mass is 9.78. The Balaban J connectivity index is 1.12. The predicted molar refractivity (Wildman–Crippen MR) is 161 cm³/mol. The smallest absolute Gasteiger partial charge is 0.335 e. The normalized spacial score (nSPS) is 21.5. The Labute approximate surface area is 257 Å². The molecule has 0 amide bonds. The van der Waals surface area contributed by atoms with Crippen LogP contribution in [0.4, 0.5) is 0 Å². The minimum Gasteiger partial charge on any atom is -0.492 e. The van der Waals surface area contributed by atoms with Gasteiger partial charge in [-0.1, -0.05) is 11.6 Å². The highest BCUT2D eigenvalue weighted by molar-refractivity contribution is 7.14. The van der Waals surface area contributed by atoms with Gasteiger partial charge in [0.25, 0.3) is 0 Å². The maximum atomic E-state index is 11.7. The Bertz CT molecular complexity index is 1730. The number of pyridine rings is 1. The number of aromatic carboxylic acids is 1. The first-order valence-electron chi connectivity index (χ1n) is 14.4. The van der Waals surface area contributed by atoms with E-state index < -0.39 is 5.97 Å². The molecule has 2 atom stereocenters.